The summed E-state index contributed by atoms with van der Waals surface area (Å²) in [6.45, 7) is 16.6. The van der Waals surface area contributed by atoms with Gasteiger partial charge in [-0.15, -0.1) is 0 Å². The van der Waals surface area contributed by atoms with E-state index in [2.05, 4.69) is 49.9 Å². The number of hydrogen-bond acceptors (Lipinski definition) is 3. The van der Waals surface area contributed by atoms with Crippen LogP contribution in [0.4, 0.5) is 0 Å². The molecule has 0 amide bonds. The molecule has 0 saturated carbocycles. The summed E-state index contributed by atoms with van der Waals surface area (Å²) in [5.41, 5.74) is 0. The Morgan fingerprint density at radius 2 is 1.67 bits per heavy atom. The van der Waals surface area contributed by atoms with Gasteiger partial charge >= 0.3 is 0 Å². The lowest BCUT2D eigenvalue weighted by Gasteiger charge is -2.32. The van der Waals surface area contributed by atoms with Crippen molar-refractivity contribution in [3.8, 4) is 0 Å². The highest BCUT2D eigenvalue weighted by molar-refractivity contribution is 4.77. The predicted molar refractivity (Wildman–Crippen MR) is 80.0 cm³/mol. The maximum atomic E-state index is 3.59. The fraction of sp³-hybridized carbons (Fsp3) is 1.00. The van der Waals surface area contributed by atoms with Crippen LogP contribution in [0.15, 0.2) is 0 Å². The molecule has 1 N–H and O–H groups in total. The maximum Gasteiger partial charge on any atom is 0.0112 e. The molecule has 0 radical (unpaired) electrons. The summed E-state index contributed by atoms with van der Waals surface area (Å²) in [5, 5.41) is 3.59. The quantitative estimate of drug-likeness (QED) is 0.782. The average molecular weight is 255 g/mol. The van der Waals surface area contributed by atoms with Crippen molar-refractivity contribution in [1.82, 2.24) is 15.1 Å². The Balaban J connectivity index is 2.30. The highest BCUT2D eigenvalue weighted by Crippen LogP contribution is 2.13. The Morgan fingerprint density at radius 1 is 0.944 bits per heavy atom. The van der Waals surface area contributed by atoms with E-state index in [0.29, 0.717) is 6.04 Å². The van der Waals surface area contributed by atoms with E-state index >= 15 is 0 Å². The standard InChI is InChI=1S/C15H33N3/c1-13(2)11-16-12-14(3)15(4)18-8-6-7-17(5)9-10-18/h13-16H,6-12H2,1-5H3. The lowest BCUT2D eigenvalue weighted by molar-refractivity contribution is 0.164. The van der Waals surface area contributed by atoms with Gasteiger partial charge in [0.15, 0.2) is 0 Å². The van der Waals surface area contributed by atoms with Gasteiger partial charge in [0.1, 0.15) is 0 Å². The molecule has 1 aliphatic heterocycles. The van der Waals surface area contributed by atoms with Crippen LogP contribution in [0.3, 0.4) is 0 Å². The van der Waals surface area contributed by atoms with Gasteiger partial charge in [0.05, 0.1) is 0 Å². The van der Waals surface area contributed by atoms with E-state index in [9.17, 15) is 0 Å². The van der Waals surface area contributed by atoms with E-state index < -0.39 is 0 Å². The van der Waals surface area contributed by atoms with Gasteiger partial charge in [-0.1, -0.05) is 20.8 Å². The summed E-state index contributed by atoms with van der Waals surface area (Å²) in [6.07, 6.45) is 1.31. The molecule has 108 valence electrons. The van der Waals surface area contributed by atoms with Crippen LogP contribution in [-0.4, -0.2) is 62.2 Å². The van der Waals surface area contributed by atoms with Crippen LogP contribution in [0.1, 0.15) is 34.1 Å². The molecule has 1 saturated heterocycles. The first-order valence-electron chi connectivity index (χ1n) is 7.64. The van der Waals surface area contributed by atoms with Crippen molar-refractivity contribution >= 4 is 0 Å². The van der Waals surface area contributed by atoms with Crippen LogP contribution in [0, 0.1) is 11.8 Å². The van der Waals surface area contributed by atoms with Crippen LogP contribution < -0.4 is 5.32 Å². The summed E-state index contributed by atoms with van der Waals surface area (Å²) in [6, 6.07) is 0.691. The molecule has 3 nitrogen and oxygen atoms in total. The third-order valence-electron chi connectivity index (χ3n) is 4.17. The molecule has 0 aromatic carbocycles. The largest absolute Gasteiger partial charge is 0.316 e. The number of likely N-dealkylation sites (N-methyl/N-ethyl adjacent to an activating group) is 1. The fourth-order valence-electron chi connectivity index (χ4n) is 2.60. The molecule has 2 unspecified atom stereocenters. The van der Waals surface area contributed by atoms with Crippen LogP contribution in [0.5, 0.6) is 0 Å². The second-order valence-electron chi connectivity index (χ2n) is 6.46. The maximum absolute atomic E-state index is 3.59. The van der Waals surface area contributed by atoms with E-state index in [1.807, 2.05) is 0 Å². The van der Waals surface area contributed by atoms with Gasteiger partial charge in [0, 0.05) is 19.1 Å². The van der Waals surface area contributed by atoms with Crippen LogP contribution >= 0.6 is 0 Å². The Morgan fingerprint density at radius 3 is 2.33 bits per heavy atom. The molecule has 0 bridgehead atoms. The molecular formula is C15H33N3. The van der Waals surface area contributed by atoms with Crippen molar-refractivity contribution in [3.05, 3.63) is 0 Å². The van der Waals surface area contributed by atoms with Crippen molar-refractivity contribution < 1.29 is 0 Å². The Hall–Kier alpha value is -0.120. The van der Waals surface area contributed by atoms with Gasteiger partial charge in [0.2, 0.25) is 0 Å². The Labute approximate surface area is 114 Å². The van der Waals surface area contributed by atoms with Crippen LogP contribution in [-0.2, 0) is 0 Å². The third-order valence-corrected chi connectivity index (χ3v) is 4.17. The van der Waals surface area contributed by atoms with Gasteiger partial charge in [-0.2, -0.15) is 0 Å². The molecule has 18 heavy (non-hydrogen) atoms. The van der Waals surface area contributed by atoms with Gasteiger partial charge in [-0.3, -0.25) is 4.90 Å². The molecule has 0 aliphatic carbocycles. The van der Waals surface area contributed by atoms with Crippen molar-refractivity contribution in [3.63, 3.8) is 0 Å². The molecule has 1 rings (SSSR count). The second kappa shape index (κ2) is 8.13. The minimum atomic E-state index is 0.691. The topological polar surface area (TPSA) is 18.5 Å². The molecule has 1 fully saturated rings. The van der Waals surface area contributed by atoms with Gasteiger partial charge < -0.3 is 10.2 Å². The summed E-state index contributed by atoms with van der Waals surface area (Å²) in [5.74, 6) is 1.48. The zero-order chi connectivity index (χ0) is 13.5. The summed E-state index contributed by atoms with van der Waals surface area (Å²) >= 11 is 0. The monoisotopic (exact) mass is 255 g/mol. The van der Waals surface area contributed by atoms with E-state index in [1.165, 1.54) is 32.6 Å². The lowest BCUT2D eigenvalue weighted by atomic mass is 10.0. The molecule has 1 aliphatic rings. The summed E-state index contributed by atoms with van der Waals surface area (Å²) in [4.78, 5) is 5.12. The number of nitrogens with zero attached hydrogens (tertiary/aromatic N) is 2. The Kier molecular flexibility index (Phi) is 7.20. The van der Waals surface area contributed by atoms with Crippen molar-refractivity contribution in [2.45, 2.75) is 40.2 Å². The fourth-order valence-corrected chi connectivity index (χ4v) is 2.60. The van der Waals surface area contributed by atoms with E-state index in [0.717, 1.165) is 24.9 Å². The van der Waals surface area contributed by atoms with Gasteiger partial charge in [-0.25, -0.2) is 0 Å². The first kappa shape index (κ1) is 15.9. The smallest absolute Gasteiger partial charge is 0.0112 e. The molecule has 2 atom stereocenters. The van der Waals surface area contributed by atoms with Crippen LogP contribution in [0.25, 0.3) is 0 Å². The predicted octanol–water partition coefficient (Wildman–Crippen LogP) is 1.89. The van der Waals surface area contributed by atoms with Crippen LogP contribution in [0.2, 0.25) is 0 Å². The highest BCUT2D eigenvalue weighted by atomic mass is 15.2. The normalized spacial score (nSPS) is 23.0. The zero-order valence-corrected chi connectivity index (χ0v) is 13.1. The third kappa shape index (κ3) is 5.68. The molecular weight excluding hydrogens is 222 g/mol. The van der Waals surface area contributed by atoms with Gasteiger partial charge in [-0.05, 0) is 58.4 Å². The summed E-state index contributed by atoms with van der Waals surface area (Å²) in [7, 11) is 2.24. The number of nitrogens with one attached hydrogen (secondary N) is 1. The van der Waals surface area contributed by atoms with Crippen molar-refractivity contribution in [2.24, 2.45) is 11.8 Å². The average Bonchev–Trinajstić information content (AvgIpc) is 2.52. The first-order valence-corrected chi connectivity index (χ1v) is 7.64. The van der Waals surface area contributed by atoms with Gasteiger partial charge in [0.25, 0.3) is 0 Å². The van der Waals surface area contributed by atoms with E-state index in [1.54, 1.807) is 0 Å². The molecule has 0 aromatic heterocycles. The zero-order valence-electron chi connectivity index (χ0n) is 13.1. The minimum Gasteiger partial charge on any atom is -0.316 e. The lowest BCUT2D eigenvalue weighted by Crippen LogP contribution is -2.43. The van der Waals surface area contributed by atoms with Crippen molar-refractivity contribution in [1.29, 1.82) is 0 Å². The number of hydrogen-bond donors (Lipinski definition) is 1. The molecule has 0 aromatic rings. The van der Waals surface area contributed by atoms with E-state index in [4.69, 9.17) is 0 Å². The Bertz CT molecular complexity index is 218. The molecule has 0 spiro atoms. The van der Waals surface area contributed by atoms with Crippen molar-refractivity contribution in [2.75, 3.05) is 46.3 Å². The molecule has 1 heterocycles. The molecule has 3 heteroatoms. The second-order valence-corrected chi connectivity index (χ2v) is 6.46. The van der Waals surface area contributed by atoms with E-state index in [-0.39, 0.29) is 0 Å². The SMILES string of the molecule is CC(C)CNCC(C)C(C)N1CCCN(C)CC1. The summed E-state index contributed by atoms with van der Waals surface area (Å²) < 4.78 is 0. The number of rotatable bonds is 6. The first-order chi connectivity index (χ1) is 8.50. The minimum absolute atomic E-state index is 0.691. The highest BCUT2D eigenvalue weighted by Gasteiger charge is 2.21.